The summed E-state index contributed by atoms with van der Waals surface area (Å²) in [6.07, 6.45) is 2.62. The molecule has 0 unspecified atom stereocenters. The van der Waals surface area contributed by atoms with Crippen LogP contribution in [-0.4, -0.2) is 10.9 Å². The van der Waals surface area contributed by atoms with Gasteiger partial charge in [-0.25, -0.2) is 9.98 Å². The van der Waals surface area contributed by atoms with E-state index in [1.807, 2.05) is 42.5 Å². The van der Waals surface area contributed by atoms with Crippen LogP contribution in [0.5, 0.6) is 0 Å². The fraction of sp³-hybridized carbons (Fsp3) is 0.158. The first-order valence-electron chi connectivity index (χ1n) is 7.90. The molecule has 0 aliphatic rings. The van der Waals surface area contributed by atoms with E-state index in [-0.39, 0.29) is 0 Å². The number of benzene rings is 2. The van der Waals surface area contributed by atoms with Crippen molar-refractivity contribution in [2.75, 3.05) is 5.32 Å². The number of aliphatic imine (C=N–C) groups is 1. The number of hydrogen-bond donors (Lipinski definition) is 2. The van der Waals surface area contributed by atoms with E-state index in [2.05, 4.69) is 34.3 Å². The van der Waals surface area contributed by atoms with Crippen LogP contribution in [0.2, 0.25) is 0 Å². The van der Waals surface area contributed by atoms with Gasteiger partial charge in [0.15, 0.2) is 5.96 Å². The highest BCUT2D eigenvalue weighted by Crippen LogP contribution is 2.18. The molecule has 3 aromatic rings. The Bertz CT molecular complexity index is 807. The normalized spacial score (nSPS) is 11.5. The van der Waals surface area contributed by atoms with E-state index in [9.17, 15) is 0 Å². The van der Waals surface area contributed by atoms with Crippen LogP contribution in [0, 0.1) is 0 Å². The van der Waals surface area contributed by atoms with Gasteiger partial charge in [0.05, 0.1) is 6.54 Å². The number of nitrogens with one attached hydrogen (secondary N) is 1. The molecule has 2 aromatic carbocycles. The number of nitrogens with two attached hydrogens (primary N) is 1. The van der Waals surface area contributed by atoms with Gasteiger partial charge in [-0.3, -0.25) is 0 Å². The van der Waals surface area contributed by atoms with Gasteiger partial charge in [-0.1, -0.05) is 37.3 Å². The van der Waals surface area contributed by atoms with E-state index in [4.69, 9.17) is 10.2 Å². The predicted molar refractivity (Wildman–Crippen MR) is 96.7 cm³/mol. The highest BCUT2D eigenvalue weighted by molar-refractivity contribution is 5.92. The van der Waals surface area contributed by atoms with E-state index in [1.54, 1.807) is 6.26 Å². The molecule has 24 heavy (non-hydrogen) atoms. The lowest BCUT2D eigenvalue weighted by Crippen LogP contribution is -2.22. The molecule has 0 saturated carbocycles. The van der Waals surface area contributed by atoms with Crippen LogP contribution in [0.25, 0.3) is 11.5 Å². The van der Waals surface area contributed by atoms with Crippen molar-refractivity contribution in [2.24, 2.45) is 10.7 Å². The molecule has 1 aromatic heterocycles. The number of anilines is 1. The van der Waals surface area contributed by atoms with Crippen molar-refractivity contribution in [2.45, 2.75) is 19.9 Å². The van der Waals surface area contributed by atoms with Gasteiger partial charge in [0.1, 0.15) is 12.0 Å². The van der Waals surface area contributed by atoms with Crippen LogP contribution in [0.3, 0.4) is 0 Å². The Kier molecular flexibility index (Phi) is 4.91. The van der Waals surface area contributed by atoms with Gasteiger partial charge < -0.3 is 15.5 Å². The zero-order valence-electron chi connectivity index (χ0n) is 13.6. The van der Waals surface area contributed by atoms with Crippen molar-refractivity contribution in [1.29, 1.82) is 0 Å². The fourth-order valence-corrected chi connectivity index (χ4v) is 2.27. The summed E-state index contributed by atoms with van der Waals surface area (Å²) in [5.41, 5.74) is 9.80. The Morgan fingerprint density at radius 1 is 1.12 bits per heavy atom. The molecule has 0 fully saturated rings. The molecule has 3 N–H and O–H groups in total. The summed E-state index contributed by atoms with van der Waals surface area (Å²) in [6, 6.07) is 17.9. The van der Waals surface area contributed by atoms with Crippen LogP contribution in [0.15, 0.2) is 70.3 Å². The molecular formula is C19H20N4O. The maximum Gasteiger partial charge on any atom is 0.226 e. The number of guanidine groups is 1. The molecule has 0 spiro atoms. The minimum atomic E-state index is 0.350. The lowest BCUT2D eigenvalue weighted by Gasteiger charge is -2.05. The third-order valence-corrected chi connectivity index (χ3v) is 3.62. The van der Waals surface area contributed by atoms with Gasteiger partial charge in [0, 0.05) is 11.3 Å². The number of rotatable bonds is 5. The van der Waals surface area contributed by atoms with Crippen molar-refractivity contribution in [3.63, 3.8) is 0 Å². The Labute approximate surface area is 141 Å². The standard InChI is InChI=1S/C19H20N4O/c1-2-14-8-10-16(11-9-14)23-19(20)21-12-17-13-24-18(22-17)15-6-4-3-5-7-15/h3-11,13H,2,12H2,1H3,(H3,20,21,23). The minimum absolute atomic E-state index is 0.350. The van der Waals surface area contributed by atoms with Gasteiger partial charge in [-0.05, 0) is 36.2 Å². The zero-order chi connectivity index (χ0) is 16.8. The minimum Gasteiger partial charge on any atom is -0.444 e. The van der Waals surface area contributed by atoms with Crippen LogP contribution in [0.1, 0.15) is 18.2 Å². The third-order valence-electron chi connectivity index (χ3n) is 3.62. The Morgan fingerprint density at radius 3 is 2.58 bits per heavy atom. The Morgan fingerprint density at radius 2 is 1.88 bits per heavy atom. The summed E-state index contributed by atoms with van der Waals surface area (Å²) in [6.45, 7) is 2.49. The number of hydrogen-bond acceptors (Lipinski definition) is 3. The fourth-order valence-electron chi connectivity index (χ4n) is 2.27. The molecule has 122 valence electrons. The van der Waals surface area contributed by atoms with E-state index >= 15 is 0 Å². The topological polar surface area (TPSA) is 76.4 Å². The van der Waals surface area contributed by atoms with Gasteiger partial charge >= 0.3 is 0 Å². The van der Waals surface area contributed by atoms with Crippen LogP contribution in [-0.2, 0) is 13.0 Å². The van der Waals surface area contributed by atoms with Gasteiger partial charge in [-0.2, -0.15) is 0 Å². The second-order valence-corrected chi connectivity index (χ2v) is 5.39. The average molecular weight is 320 g/mol. The summed E-state index contributed by atoms with van der Waals surface area (Å²) in [5, 5.41) is 3.07. The van der Waals surface area contributed by atoms with Crippen LogP contribution < -0.4 is 11.1 Å². The molecule has 0 saturated heterocycles. The van der Waals surface area contributed by atoms with Crippen molar-refractivity contribution in [3.8, 4) is 11.5 Å². The molecule has 0 bridgehead atoms. The SMILES string of the molecule is CCc1ccc(NC(N)=NCc2coc(-c3ccccc3)n2)cc1. The van der Waals surface area contributed by atoms with Crippen molar-refractivity contribution in [3.05, 3.63) is 72.1 Å². The first-order chi connectivity index (χ1) is 11.7. The number of nitrogens with zero attached hydrogens (tertiary/aromatic N) is 2. The Balaban J connectivity index is 1.61. The molecule has 0 aliphatic heterocycles. The maximum absolute atomic E-state index is 5.92. The second-order valence-electron chi connectivity index (χ2n) is 5.39. The van der Waals surface area contributed by atoms with Crippen LogP contribution >= 0.6 is 0 Å². The molecular weight excluding hydrogens is 300 g/mol. The lowest BCUT2D eigenvalue weighted by atomic mass is 10.1. The quantitative estimate of drug-likeness (QED) is 0.553. The Hall–Kier alpha value is -3.08. The highest BCUT2D eigenvalue weighted by atomic mass is 16.3. The average Bonchev–Trinajstić information content (AvgIpc) is 3.10. The summed E-state index contributed by atoms with van der Waals surface area (Å²) in [7, 11) is 0. The monoisotopic (exact) mass is 320 g/mol. The number of aryl methyl sites for hydroxylation is 1. The largest absolute Gasteiger partial charge is 0.444 e. The lowest BCUT2D eigenvalue weighted by molar-refractivity contribution is 0.572. The molecule has 0 radical (unpaired) electrons. The first kappa shape index (κ1) is 15.8. The van der Waals surface area contributed by atoms with Crippen molar-refractivity contribution < 1.29 is 4.42 Å². The maximum atomic E-state index is 5.92. The number of aromatic nitrogens is 1. The van der Waals surface area contributed by atoms with E-state index in [1.165, 1.54) is 5.56 Å². The molecule has 5 nitrogen and oxygen atoms in total. The predicted octanol–water partition coefficient (Wildman–Crippen LogP) is 3.83. The van der Waals surface area contributed by atoms with E-state index in [0.717, 1.165) is 23.4 Å². The molecule has 5 heteroatoms. The second kappa shape index (κ2) is 7.46. The highest BCUT2D eigenvalue weighted by Gasteiger charge is 2.05. The van der Waals surface area contributed by atoms with Gasteiger partial charge in [0.25, 0.3) is 0 Å². The summed E-state index contributed by atoms with van der Waals surface area (Å²) < 4.78 is 5.49. The summed E-state index contributed by atoms with van der Waals surface area (Å²) >= 11 is 0. The van der Waals surface area contributed by atoms with Crippen molar-refractivity contribution >= 4 is 11.6 Å². The smallest absolute Gasteiger partial charge is 0.226 e. The van der Waals surface area contributed by atoms with Gasteiger partial charge in [0.2, 0.25) is 5.89 Å². The molecule has 3 rings (SSSR count). The van der Waals surface area contributed by atoms with Gasteiger partial charge in [-0.15, -0.1) is 0 Å². The van der Waals surface area contributed by atoms with E-state index in [0.29, 0.717) is 18.4 Å². The first-order valence-corrected chi connectivity index (χ1v) is 7.90. The van der Waals surface area contributed by atoms with E-state index < -0.39 is 0 Å². The molecule has 0 amide bonds. The van der Waals surface area contributed by atoms with Crippen LogP contribution in [0.4, 0.5) is 5.69 Å². The number of oxazole rings is 1. The molecule has 0 atom stereocenters. The zero-order valence-corrected chi connectivity index (χ0v) is 13.6. The third kappa shape index (κ3) is 4.01. The summed E-state index contributed by atoms with van der Waals surface area (Å²) in [5.74, 6) is 0.936. The van der Waals surface area contributed by atoms with Crippen molar-refractivity contribution in [1.82, 2.24) is 4.98 Å². The summed E-state index contributed by atoms with van der Waals surface area (Å²) in [4.78, 5) is 8.73. The molecule has 1 heterocycles. The molecule has 0 aliphatic carbocycles.